The lowest BCUT2D eigenvalue weighted by Gasteiger charge is -2.06. The van der Waals surface area contributed by atoms with E-state index in [0.717, 1.165) is 0 Å². The molecule has 7 heteroatoms. The van der Waals surface area contributed by atoms with Crippen molar-refractivity contribution in [3.05, 3.63) is 52.8 Å². The molecule has 0 fully saturated rings. The predicted molar refractivity (Wildman–Crippen MR) is 79.0 cm³/mol. The molecule has 1 aromatic heterocycles. The van der Waals surface area contributed by atoms with Crippen molar-refractivity contribution in [1.29, 1.82) is 0 Å². The van der Waals surface area contributed by atoms with Crippen LogP contribution in [0.1, 0.15) is 16.1 Å². The van der Waals surface area contributed by atoms with Gasteiger partial charge in [-0.3, -0.25) is 9.78 Å². The number of hydrazone groups is 1. The Labute approximate surface area is 126 Å². The summed E-state index contributed by atoms with van der Waals surface area (Å²) < 4.78 is 4.97. The number of nitrogens with one attached hydrogen (secondary N) is 1. The van der Waals surface area contributed by atoms with E-state index >= 15 is 0 Å². The van der Waals surface area contributed by atoms with Gasteiger partial charge in [-0.25, -0.2) is 5.43 Å². The van der Waals surface area contributed by atoms with Crippen molar-refractivity contribution in [1.82, 2.24) is 10.4 Å². The largest absolute Gasteiger partial charge is 0.503 e. The molecule has 0 unspecified atom stereocenters. The summed E-state index contributed by atoms with van der Waals surface area (Å²) >= 11 is 5.85. The molecular weight excluding hydrogens is 294 g/mol. The number of carbonyl (C=O) groups is 1. The Hall–Kier alpha value is -2.60. The van der Waals surface area contributed by atoms with Gasteiger partial charge in [0.2, 0.25) is 0 Å². The van der Waals surface area contributed by atoms with Crippen molar-refractivity contribution in [2.75, 3.05) is 7.11 Å². The molecule has 0 aliphatic carbocycles. The van der Waals surface area contributed by atoms with Gasteiger partial charge in [-0.1, -0.05) is 17.7 Å². The van der Waals surface area contributed by atoms with E-state index in [9.17, 15) is 9.90 Å². The number of pyridine rings is 1. The summed E-state index contributed by atoms with van der Waals surface area (Å²) in [5.74, 6) is -0.350. The zero-order chi connectivity index (χ0) is 15.2. The van der Waals surface area contributed by atoms with Crippen molar-refractivity contribution in [2.45, 2.75) is 0 Å². The highest BCUT2D eigenvalue weighted by molar-refractivity contribution is 6.32. The molecule has 0 radical (unpaired) electrons. The van der Waals surface area contributed by atoms with E-state index in [1.54, 1.807) is 18.2 Å². The first-order chi connectivity index (χ1) is 10.1. The van der Waals surface area contributed by atoms with Crippen molar-refractivity contribution in [2.24, 2.45) is 5.10 Å². The summed E-state index contributed by atoms with van der Waals surface area (Å²) in [5, 5.41) is 13.5. The van der Waals surface area contributed by atoms with Crippen LogP contribution in [-0.2, 0) is 0 Å². The number of amides is 1. The molecule has 0 saturated heterocycles. The average molecular weight is 306 g/mol. The highest BCUT2D eigenvalue weighted by Crippen LogP contribution is 2.34. The second-order valence-corrected chi connectivity index (χ2v) is 4.37. The molecule has 1 aromatic carbocycles. The quantitative estimate of drug-likeness (QED) is 0.670. The number of ether oxygens (including phenoxy) is 1. The van der Waals surface area contributed by atoms with Crippen LogP contribution in [0, 0.1) is 0 Å². The summed E-state index contributed by atoms with van der Waals surface area (Å²) in [6.45, 7) is 0. The summed E-state index contributed by atoms with van der Waals surface area (Å²) in [6, 6.07) is 8.03. The molecule has 2 rings (SSSR count). The van der Waals surface area contributed by atoms with Crippen LogP contribution >= 0.6 is 11.6 Å². The number of hydrogen-bond acceptors (Lipinski definition) is 5. The Bertz CT molecular complexity index is 675. The van der Waals surface area contributed by atoms with Crippen LogP contribution in [0.5, 0.6) is 11.5 Å². The number of aromatic hydroxyl groups is 1. The molecule has 21 heavy (non-hydrogen) atoms. The summed E-state index contributed by atoms with van der Waals surface area (Å²) in [5.41, 5.74) is 3.17. The highest BCUT2D eigenvalue weighted by atomic mass is 35.5. The van der Waals surface area contributed by atoms with E-state index in [1.807, 2.05) is 0 Å². The van der Waals surface area contributed by atoms with Crippen LogP contribution in [0.25, 0.3) is 0 Å². The minimum atomic E-state index is -0.427. The van der Waals surface area contributed by atoms with E-state index in [4.69, 9.17) is 16.3 Å². The van der Waals surface area contributed by atoms with Gasteiger partial charge >= 0.3 is 0 Å². The number of phenols is 1. The fourth-order valence-corrected chi connectivity index (χ4v) is 1.76. The minimum absolute atomic E-state index is 0.131. The molecule has 0 aliphatic rings. The van der Waals surface area contributed by atoms with Crippen LogP contribution in [0.3, 0.4) is 0 Å². The lowest BCUT2D eigenvalue weighted by atomic mass is 10.2. The fourth-order valence-electron chi connectivity index (χ4n) is 1.54. The predicted octanol–water partition coefficient (Wildman–Crippen LogP) is 2.21. The van der Waals surface area contributed by atoms with Crippen LogP contribution in [-0.4, -0.2) is 29.3 Å². The van der Waals surface area contributed by atoms with Gasteiger partial charge in [-0.15, -0.1) is 0 Å². The van der Waals surface area contributed by atoms with Crippen molar-refractivity contribution < 1.29 is 14.6 Å². The Morgan fingerprint density at radius 3 is 2.95 bits per heavy atom. The second kappa shape index (κ2) is 6.71. The second-order valence-electron chi connectivity index (χ2n) is 3.97. The molecule has 0 spiro atoms. The molecule has 1 heterocycles. The van der Waals surface area contributed by atoms with Gasteiger partial charge in [0, 0.05) is 6.20 Å². The number of nitrogens with zero attached hydrogens (tertiary/aromatic N) is 2. The van der Waals surface area contributed by atoms with E-state index < -0.39 is 5.91 Å². The lowest BCUT2D eigenvalue weighted by molar-refractivity contribution is 0.0950. The number of phenolic OH excluding ortho intramolecular Hbond substituents is 1. The number of methoxy groups -OCH3 is 1. The number of carbonyl (C=O) groups excluding carboxylic acids is 1. The summed E-state index contributed by atoms with van der Waals surface area (Å²) in [4.78, 5) is 15.6. The maximum absolute atomic E-state index is 11.7. The van der Waals surface area contributed by atoms with Gasteiger partial charge in [0.1, 0.15) is 5.69 Å². The molecule has 1 amide bonds. The van der Waals surface area contributed by atoms with E-state index in [-0.39, 0.29) is 22.2 Å². The SMILES string of the molecule is COc1cc(/C=N\NC(=O)c2ccccn2)cc(Cl)c1O. The highest BCUT2D eigenvalue weighted by Gasteiger charge is 2.08. The first-order valence-electron chi connectivity index (χ1n) is 5.92. The van der Waals surface area contributed by atoms with Gasteiger partial charge in [0.25, 0.3) is 5.91 Å². The maximum Gasteiger partial charge on any atom is 0.289 e. The first-order valence-corrected chi connectivity index (χ1v) is 6.30. The molecule has 108 valence electrons. The van der Waals surface area contributed by atoms with Gasteiger partial charge in [0.05, 0.1) is 18.3 Å². The first kappa shape index (κ1) is 14.8. The number of hydrogen-bond donors (Lipinski definition) is 2. The smallest absolute Gasteiger partial charge is 0.289 e. The monoisotopic (exact) mass is 305 g/mol. The number of rotatable bonds is 4. The number of benzene rings is 1. The third-order valence-corrected chi connectivity index (χ3v) is 2.84. The molecule has 0 bridgehead atoms. The van der Waals surface area contributed by atoms with Gasteiger partial charge in [-0.05, 0) is 29.8 Å². The zero-order valence-corrected chi connectivity index (χ0v) is 11.8. The summed E-state index contributed by atoms with van der Waals surface area (Å²) in [7, 11) is 1.41. The fraction of sp³-hybridized carbons (Fsp3) is 0.0714. The number of halogens is 1. The number of aromatic nitrogens is 1. The van der Waals surface area contributed by atoms with Gasteiger partial charge in [0.15, 0.2) is 11.5 Å². The standard InChI is InChI=1S/C14H12ClN3O3/c1-21-12-7-9(6-10(15)13(12)19)8-17-18-14(20)11-4-2-3-5-16-11/h2-8,19H,1H3,(H,18,20)/b17-8-. The minimum Gasteiger partial charge on any atom is -0.503 e. The third kappa shape index (κ3) is 3.70. The molecule has 0 aliphatic heterocycles. The van der Waals surface area contributed by atoms with Crippen molar-refractivity contribution in [3.8, 4) is 11.5 Å². The van der Waals surface area contributed by atoms with Crippen molar-refractivity contribution in [3.63, 3.8) is 0 Å². The van der Waals surface area contributed by atoms with Crippen LogP contribution in [0.15, 0.2) is 41.6 Å². The summed E-state index contributed by atoms with van der Waals surface area (Å²) in [6.07, 6.45) is 2.90. The van der Waals surface area contributed by atoms with E-state index in [1.165, 1.54) is 31.7 Å². The Balaban J connectivity index is 2.08. The lowest BCUT2D eigenvalue weighted by Crippen LogP contribution is -2.18. The van der Waals surface area contributed by atoms with Crippen LogP contribution in [0.4, 0.5) is 0 Å². The van der Waals surface area contributed by atoms with E-state index in [0.29, 0.717) is 5.56 Å². The van der Waals surface area contributed by atoms with Crippen LogP contribution < -0.4 is 10.2 Å². The molecule has 6 nitrogen and oxygen atoms in total. The molecular formula is C14H12ClN3O3. The third-order valence-electron chi connectivity index (χ3n) is 2.55. The Morgan fingerprint density at radius 2 is 2.29 bits per heavy atom. The molecule has 0 atom stereocenters. The zero-order valence-electron chi connectivity index (χ0n) is 11.1. The molecule has 0 saturated carbocycles. The normalized spacial score (nSPS) is 10.6. The topological polar surface area (TPSA) is 83.8 Å². The Morgan fingerprint density at radius 1 is 1.48 bits per heavy atom. The van der Waals surface area contributed by atoms with Crippen LogP contribution in [0.2, 0.25) is 5.02 Å². The van der Waals surface area contributed by atoms with Gasteiger partial charge in [-0.2, -0.15) is 5.10 Å². The maximum atomic E-state index is 11.7. The molecule has 2 N–H and O–H groups in total. The van der Waals surface area contributed by atoms with E-state index in [2.05, 4.69) is 15.5 Å². The molecule has 2 aromatic rings. The van der Waals surface area contributed by atoms with Crippen molar-refractivity contribution >= 4 is 23.7 Å². The van der Waals surface area contributed by atoms with Gasteiger partial charge < -0.3 is 9.84 Å². The Kier molecular flexibility index (Phi) is 4.73. The average Bonchev–Trinajstić information content (AvgIpc) is 2.51.